The number of benzene rings is 1. The number of imidazole rings is 1. The number of hydrogen-bond acceptors (Lipinski definition) is 5. The predicted octanol–water partition coefficient (Wildman–Crippen LogP) is 2.38. The standard InChI is InChI=1S/C23H37N5O3S/c1-6-28(7-2)32(30,31)19-8-9-21-20(14-19)25-22(26(21)5)10-11-23(29)24-15-18-12-13-27(16-18)17(3)4/h8-9,14,17-18H,6-7,10-13,15-16H2,1-5H3,(H,24,29). The fraction of sp³-hybridized carbons (Fsp3) is 0.652. The number of carbonyl (C=O) groups is 1. The van der Waals surface area contributed by atoms with Gasteiger partial charge in [-0.15, -0.1) is 0 Å². The van der Waals surface area contributed by atoms with Gasteiger partial charge in [0.15, 0.2) is 0 Å². The summed E-state index contributed by atoms with van der Waals surface area (Å²) in [6.45, 7) is 11.8. The van der Waals surface area contributed by atoms with Crippen molar-refractivity contribution in [3.63, 3.8) is 0 Å². The van der Waals surface area contributed by atoms with E-state index in [-0.39, 0.29) is 10.8 Å². The first-order chi connectivity index (χ1) is 15.2. The first-order valence-electron chi connectivity index (χ1n) is 11.6. The minimum atomic E-state index is -3.53. The lowest BCUT2D eigenvalue weighted by atomic mass is 10.1. The molecule has 0 radical (unpaired) electrons. The number of nitrogens with one attached hydrogen (secondary N) is 1. The van der Waals surface area contributed by atoms with Crippen molar-refractivity contribution in [2.45, 2.75) is 57.9 Å². The Morgan fingerprint density at radius 2 is 2.00 bits per heavy atom. The monoisotopic (exact) mass is 463 g/mol. The molecule has 32 heavy (non-hydrogen) atoms. The Kier molecular flexibility index (Phi) is 7.95. The molecule has 9 heteroatoms. The van der Waals surface area contributed by atoms with Crippen LogP contribution in [0.15, 0.2) is 23.1 Å². The highest BCUT2D eigenvalue weighted by molar-refractivity contribution is 7.89. The number of nitrogens with zero attached hydrogens (tertiary/aromatic N) is 4. The maximum absolute atomic E-state index is 12.8. The molecular formula is C23H37N5O3S. The third kappa shape index (κ3) is 5.32. The van der Waals surface area contributed by atoms with Crippen LogP contribution < -0.4 is 5.32 Å². The largest absolute Gasteiger partial charge is 0.356 e. The van der Waals surface area contributed by atoms with Crippen LogP contribution in [0.5, 0.6) is 0 Å². The third-order valence-corrected chi connectivity index (χ3v) is 8.55. The fourth-order valence-electron chi connectivity index (χ4n) is 4.40. The summed E-state index contributed by atoms with van der Waals surface area (Å²) >= 11 is 0. The van der Waals surface area contributed by atoms with Gasteiger partial charge in [0.25, 0.3) is 0 Å². The second-order valence-corrected chi connectivity index (χ2v) is 10.8. The Labute approximate surface area is 192 Å². The zero-order valence-corrected chi connectivity index (χ0v) is 20.8. The van der Waals surface area contributed by atoms with E-state index < -0.39 is 10.0 Å². The van der Waals surface area contributed by atoms with Crippen LogP contribution in [0.25, 0.3) is 11.0 Å². The number of carbonyl (C=O) groups excluding carboxylic acids is 1. The normalized spacial score (nSPS) is 17.7. The van der Waals surface area contributed by atoms with Crippen molar-refractivity contribution in [1.29, 1.82) is 0 Å². The average Bonchev–Trinajstić information content (AvgIpc) is 3.36. The average molecular weight is 464 g/mol. The highest BCUT2D eigenvalue weighted by atomic mass is 32.2. The number of sulfonamides is 1. The highest BCUT2D eigenvalue weighted by Gasteiger charge is 2.25. The van der Waals surface area contributed by atoms with Crippen LogP contribution in [0.3, 0.4) is 0 Å². The number of likely N-dealkylation sites (tertiary alicyclic amines) is 1. The second kappa shape index (κ2) is 10.3. The molecule has 178 valence electrons. The number of hydrogen-bond donors (Lipinski definition) is 1. The van der Waals surface area contributed by atoms with Crippen molar-refractivity contribution in [3.05, 3.63) is 24.0 Å². The molecule has 1 aromatic carbocycles. The van der Waals surface area contributed by atoms with E-state index in [0.717, 1.165) is 37.4 Å². The summed E-state index contributed by atoms with van der Waals surface area (Å²) < 4.78 is 29.0. The quantitative estimate of drug-likeness (QED) is 0.585. The smallest absolute Gasteiger partial charge is 0.243 e. The molecule has 1 aromatic heterocycles. The molecule has 1 saturated heterocycles. The van der Waals surface area contributed by atoms with E-state index in [4.69, 9.17) is 0 Å². The minimum absolute atomic E-state index is 0.0323. The third-order valence-electron chi connectivity index (χ3n) is 6.50. The molecule has 1 amide bonds. The molecule has 2 heterocycles. The van der Waals surface area contributed by atoms with E-state index in [1.54, 1.807) is 18.2 Å². The number of aryl methyl sites for hydroxylation is 2. The Morgan fingerprint density at radius 1 is 1.28 bits per heavy atom. The van der Waals surface area contributed by atoms with Crippen molar-refractivity contribution in [1.82, 2.24) is 24.1 Å². The predicted molar refractivity (Wildman–Crippen MR) is 127 cm³/mol. The summed E-state index contributed by atoms with van der Waals surface area (Å²) in [7, 11) is -1.63. The number of aromatic nitrogens is 2. The summed E-state index contributed by atoms with van der Waals surface area (Å²) in [5.41, 5.74) is 1.49. The Hall–Kier alpha value is -1.97. The molecule has 0 aliphatic carbocycles. The van der Waals surface area contributed by atoms with E-state index in [1.165, 1.54) is 4.31 Å². The second-order valence-electron chi connectivity index (χ2n) is 8.87. The van der Waals surface area contributed by atoms with E-state index in [9.17, 15) is 13.2 Å². The summed E-state index contributed by atoms with van der Waals surface area (Å²) in [6, 6.07) is 5.61. The molecule has 0 saturated carbocycles. The highest BCUT2D eigenvalue weighted by Crippen LogP contribution is 2.23. The van der Waals surface area contributed by atoms with E-state index in [1.807, 2.05) is 25.5 Å². The van der Waals surface area contributed by atoms with Gasteiger partial charge >= 0.3 is 0 Å². The van der Waals surface area contributed by atoms with Crippen LogP contribution in [0.4, 0.5) is 0 Å². The van der Waals surface area contributed by atoms with Crippen LogP contribution in [0, 0.1) is 5.92 Å². The van der Waals surface area contributed by atoms with Gasteiger partial charge in [-0.25, -0.2) is 13.4 Å². The fourth-order valence-corrected chi connectivity index (χ4v) is 5.87. The van der Waals surface area contributed by atoms with Gasteiger partial charge in [-0.05, 0) is 50.9 Å². The zero-order valence-electron chi connectivity index (χ0n) is 20.0. The summed E-state index contributed by atoms with van der Waals surface area (Å²) in [6.07, 6.45) is 2.00. The summed E-state index contributed by atoms with van der Waals surface area (Å²) in [4.78, 5) is 19.7. The van der Waals surface area contributed by atoms with Crippen LogP contribution >= 0.6 is 0 Å². The van der Waals surface area contributed by atoms with Gasteiger partial charge in [0, 0.05) is 52.1 Å². The summed E-state index contributed by atoms with van der Waals surface area (Å²) in [5.74, 6) is 1.33. The molecular weight excluding hydrogens is 426 g/mol. The van der Waals surface area contributed by atoms with Crippen molar-refractivity contribution in [2.75, 3.05) is 32.7 Å². The van der Waals surface area contributed by atoms with Gasteiger partial charge in [-0.3, -0.25) is 4.79 Å². The Bertz CT molecular complexity index is 1040. The first kappa shape index (κ1) is 24.7. The van der Waals surface area contributed by atoms with Crippen LogP contribution in [0.2, 0.25) is 0 Å². The summed E-state index contributed by atoms with van der Waals surface area (Å²) in [5, 5.41) is 3.07. The maximum atomic E-state index is 12.8. The van der Waals surface area contributed by atoms with Gasteiger partial charge in [0.1, 0.15) is 5.82 Å². The van der Waals surface area contributed by atoms with Crippen molar-refractivity contribution < 1.29 is 13.2 Å². The lowest BCUT2D eigenvalue weighted by Gasteiger charge is -2.20. The van der Waals surface area contributed by atoms with Crippen LogP contribution in [0.1, 0.15) is 46.4 Å². The number of amides is 1. The molecule has 0 spiro atoms. The van der Waals surface area contributed by atoms with Gasteiger partial charge in [-0.2, -0.15) is 4.31 Å². The SMILES string of the molecule is CCN(CC)S(=O)(=O)c1ccc2c(c1)nc(CCC(=O)NCC1CCN(C(C)C)C1)n2C. The van der Waals surface area contributed by atoms with Gasteiger partial charge in [-0.1, -0.05) is 13.8 Å². The van der Waals surface area contributed by atoms with Crippen LogP contribution in [-0.2, 0) is 28.3 Å². The zero-order chi connectivity index (χ0) is 23.5. The molecule has 8 nitrogen and oxygen atoms in total. The number of fused-ring (bicyclic) bond motifs is 1. The van der Waals surface area contributed by atoms with Crippen molar-refractivity contribution >= 4 is 27.0 Å². The lowest BCUT2D eigenvalue weighted by molar-refractivity contribution is -0.121. The molecule has 1 unspecified atom stereocenters. The lowest BCUT2D eigenvalue weighted by Crippen LogP contribution is -2.33. The molecule has 1 N–H and O–H groups in total. The van der Waals surface area contributed by atoms with E-state index in [0.29, 0.717) is 43.4 Å². The molecule has 1 atom stereocenters. The molecule has 1 aliphatic rings. The Balaban J connectivity index is 1.62. The van der Waals surface area contributed by atoms with Crippen molar-refractivity contribution in [2.24, 2.45) is 13.0 Å². The van der Waals surface area contributed by atoms with Gasteiger partial charge in [0.05, 0.1) is 15.9 Å². The first-order valence-corrected chi connectivity index (χ1v) is 13.1. The molecule has 1 fully saturated rings. The maximum Gasteiger partial charge on any atom is 0.243 e. The molecule has 2 aromatic rings. The molecule has 1 aliphatic heterocycles. The minimum Gasteiger partial charge on any atom is -0.356 e. The molecule has 0 bridgehead atoms. The van der Waals surface area contributed by atoms with E-state index >= 15 is 0 Å². The topological polar surface area (TPSA) is 87.5 Å². The van der Waals surface area contributed by atoms with Gasteiger partial charge in [0.2, 0.25) is 15.9 Å². The van der Waals surface area contributed by atoms with E-state index in [2.05, 4.69) is 29.0 Å². The van der Waals surface area contributed by atoms with Gasteiger partial charge < -0.3 is 14.8 Å². The number of rotatable bonds is 10. The molecule has 3 rings (SSSR count). The van der Waals surface area contributed by atoms with Crippen LogP contribution in [-0.4, -0.2) is 71.8 Å². The Morgan fingerprint density at radius 3 is 2.62 bits per heavy atom. The van der Waals surface area contributed by atoms with Crippen molar-refractivity contribution in [3.8, 4) is 0 Å².